The highest BCUT2D eigenvalue weighted by atomic mass is 35.5. The summed E-state index contributed by atoms with van der Waals surface area (Å²) in [5.41, 5.74) is 3.15. The number of rotatable bonds is 3. The number of carbonyl (C=O) groups excluding carboxylic acids is 2. The van der Waals surface area contributed by atoms with Gasteiger partial charge in [-0.25, -0.2) is 4.98 Å². The average Bonchev–Trinajstić information content (AvgIpc) is 3.11. The number of benzene rings is 2. The van der Waals surface area contributed by atoms with E-state index >= 15 is 0 Å². The van der Waals surface area contributed by atoms with Crippen LogP contribution in [0.3, 0.4) is 0 Å². The van der Waals surface area contributed by atoms with Crippen LogP contribution in [0.5, 0.6) is 0 Å². The summed E-state index contributed by atoms with van der Waals surface area (Å²) in [6.07, 6.45) is 0.467. The van der Waals surface area contributed by atoms with Gasteiger partial charge in [0.1, 0.15) is 5.52 Å². The maximum atomic E-state index is 11.7. The Kier molecular flexibility index (Phi) is 3.78. The molecule has 1 saturated heterocycles. The van der Waals surface area contributed by atoms with Crippen molar-refractivity contribution in [1.82, 2.24) is 10.3 Å². The molecule has 0 bridgehead atoms. The summed E-state index contributed by atoms with van der Waals surface area (Å²) in [5.74, 6) is 0.270. The second kappa shape index (κ2) is 5.96. The van der Waals surface area contributed by atoms with Crippen molar-refractivity contribution in [1.29, 1.82) is 0 Å². The lowest BCUT2D eigenvalue weighted by molar-refractivity contribution is -0.118. The Balaban J connectivity index is 1.62. The van der Waals surface area contributed by atoms with Crippen molar-refractivity contribution >= 4 is 45.6 Å². The zero-order chi connectivity index (χ0) is 16.7. The summed E-state index contributed by atoms with van der Waals surface area (Å²) in [4.78, 5) is 27.4. The topological polar surface area (TPSA) is 72.2 Å². The first kappa shape index (κ1) is 15.2. The van der Waals surface area contributed by atoms with Crippen LogP contribution in [-0.4, -0.2) is 21.4 Å². The van der Waals surface area contributed by atoms with Gasteiger partial charge in [-0.05, 0) is 48.4 Å². The van der Waals surface area contributed by atoms with Gasteiger partial charge < -0.3 is 4.42 Å². The SMILES string of the molecule is O=C1NC(=O)C(Cc2ccc3nc(-c4ccc(Cl)cc4)oc3c2)S1. The van der Waals surface area contributed by atoms with E-state index in [4.69, 9.17) is 16.0 Å². The quantitative estimate of drug-likeness (QED) is 0.764. The smallest absolute Gasteiger partial charge is 0.286 e. The monoisotopic (exact) mass is 358 g/mol. The number of nitrogens with zero attached hydrogens (tertiary/aromatic N) is 1. The standard InChI is InChI=1S/C17H11ClN2O3S/c18-11-4-2-10(3-5-11)16-19-12-6-1-9(7-13(12)23-16)8-14-15(21)20-17(22)24-14/h1-7,14H,8H2,(H,20,21,22). The van der Waals surface area contributed by atoms with E-state index in [0.29, 0.717) is 22.9 Å². The molecule has 1 fully saturated rings. The van der Waals surface area contributed by atoms with E-state index < -0.39 is 5.25 Å². The Hall–Kier alpha value is -2.31. The fraction of sp³-hybridized carbons (Fsp3) is 0.118. The van der Waals surface area contributed by atoms with Crippen molar-refractivity contribution in [3.63, 3.8) is 0 Å². The third kappa shape index (κ3) is 2.90. The molecular formula is C17H11ClN2O3S. The molecule has 2 amide bonds. The van der Waals surface area contributed by atoms with Crippen molar-refractivity contribution in [3.8, 4) is 11.5 Å². The van der Waals surface area contributed by atoms with Crippen LogP contribution in [0.4, 0.5) is 4.79 Å². The van der Waals surface area contributed by atoms with Gasteiger partial charge in [0.25, 0.3) is 5.24 Å². The normalized spacial score (nSPS) is 17.5. The Morgan fingerprint density at radius 2 is 1.96 bits per heavy atom. The predicted octanol–water partition coefficient (Wildman–Crippen LogP) is 4.04. The molecule has 4 rings (SSSR count). The van der Waals surface area contributed by atoms with Crippen LogP contribution in [0.1, 0.15) is 5.56 Å². The van der Waals surface area contributed by atoms with Gasteiger partial charge in [0.2, 0.25) is 11.8 Å². The van der Waals surface area contributed by atoms with Crippen LogP contribution in [0.25, 0.3) is 22.6 Å². The van der Waals surface area contributed by atoms with Gasteiger partial charge in [-0.1, -0.05) is 29.4 Å². The molecule has 120 valence electrons. The van der Waals surface area contributed by atoms with E-state index in [9.17, 15) is 9.59 Å². The zero-order valence-electron chi connectivity index (χ0n) is 12.3. The van der Waals surface area contributed by atoms with E-state index in [-0.39, 0.29) is 11.1 Å². The molecule has 24 heavy (non-hydrogen) atoms. The zero-order valence-corrected chi connectivity index (χ0v) is 13.9. The highest BCUT2D eigenvalue weighted by Crippen LogP contribution is 2.28. The van der Waals surface area contributed by atoms with Gasteiger partial charge >= 0.3 is 0 Å². The number of nitrogens with one attached hydrogen (secondary N) is 1. The number of aromatic nitrogens is 1. The number of hydrogen-bond acceptors (Lipinski definition) is 5. The maximum Gasteiger partial charge on any atom is 0.286 e. The molecule has 1 unspecified atom stereocenters. The molecule has 0 spiro atoms. The van der Waals surface area contributed by atoms with Crippen molar-refractivity contribution in [2.75, 3.05) is 0 Å². The lowest BCUT2D eigenvalue weighted by atomic mass is 10.1. The fourth-order valence-electron chi connectivity index (χ4n) is 2.55. The van der Waals surface area contributed by atoms with Crippen molar-refractivity contribution in [2.24, 2.45) is 0 Å². The number of amides is 2. The molecule has 1 aromatic heterocycles. The van der Waals surface area contributed by atoms with Crippen LogP contribution >= 0.6 is 23.4 Å². The third-order valence-electron chi connectivity index (χ3n) is 3.73. The van der Waals surface area contributed by atoms with E-state index in [0.717, 1.165) is 28.4 Å². The Labute approximate surface area is 146 Å². The number of hydrogen-bond donors (Lipinski definition) is 1. The molecule has 1 atom stereocenters. The summed E-state index contributed by atoms with van der Waals surface area (Å²) in [6, 6.07) is 12.9. The summed E-state index contributed by atoms with van der Waals surface area (Å²) < 4.78 is 5.82. The molecule has 2 aromatic carbocycles. The summed E-state index contributed by atoms with van der Waals surface area (Å²) >= 11 is 6.91. The highest BCUT2D eigenvalue weighted by molar-refractivity contribution is 8.15. The van der Waals surface area contributed by atoms with Gasteiger partial charge in [0.05, 0.1) is 5.25 Å². The first-order chi connectivity index (χ1) is 11.6. The number of halogens is 1. The lowest BCUT2D eigenvalue weighted by Gasteiger charge is -2.04. The summed E-state index contributed by atoms with van der Waals surface area (Å²) in [7, 11) is 0. The van der Waals surface area contributed by atoms with E-state index in [1.54, 1.807) is 12.1 Å². The fourth-order valence-corrected chi connectivity index (χ4v) is 3.54. The van der Waals surface area contributed by atoms with Gasteiger partial charge in [-0.2, -0.15) is 0 Å². The van der Waals surface area contributed by atoms with Gasteiger partial charge in [0.15, 0.2) is 5.58 Å². The molecule has 3 aromatic rings. The largest absolute Gasteiger partial charge is 0.436 e. The summed E-state index contributed by atoms with van der Waals surface area (Å²) in [5, 5.41) is 2.25. The predicted molar refractivity (Wildman–Crippen MR) is 93.1 cm³/mol. The molecule has 2 heterocycles. The van der Waals surface area contributed by atoms with Gasteiger partial charge in [0, 0.05) is 10.6 Å². The number of carbonyl (C=O) groups is 2. The van der Waals surface area contributed by atoms with Crippen LogP contribution in [0.15, 0.2) is 46.9 Å². The molecule has 0 radical (unpaired) electrons. The Morgan fingerprint density at radius 3 is 2.67 bits per heavy atom. The highest BCUT2D eigenvalue weighted by Gasteiger charge is 2.31. The third-order valence-corrected chi connectivity index (χ3v) is 4.97. The van der Waals surface area contributed by atoms with Crippen molar-refractivity contribution < 1.29 is 14.0 Å². The second-order valence-corrected chi connectivity index (χ2v) is 7.03. The van der Waals surface area contributed by atoms with Crippen LogP contribution < -0.4 is 5.32 Å². The van der Waals surface area contributed by atoms with Crippen molar-refractivity contribution in [2.45, 2.75) is 11.7 Å². The number of oxazole rings is 1. The second-order valence-electron chi connectivity index (χ2n) is 5.42. The van der Waals surface area contributed by atoms with Gasteiger partial charge in [-0.3, -0.25) is 14.9 Å². The van der Waals surface area contributed by atoms with E-state index in [2.05, 4.69) is 10.3 Å². The molecule has 0 saturated carbocycles. The van der Waals surface area contributed by atoms with E-state index in [1.165, 1.54) is 0 Å². The average molecular weight is 359 g/mol. The molecule has 0 aliphatic carbocycles. The first-order valence-electron chi connectivity index (χ1n) is 7.25. The Bertz CT molecular complexity index is 952. The minimum atomic E-state index is -0.395. The van der Waals surface area contributed by atoms with Crippen LogP contribution in [0, 0.1) is 0 Å². The van der Waals surface area contributed by atoms with Gasteiger partial charge in [-0.15, -0.1) is 0 Å². The molecule has 7 heteroatoms. The molecular weight excluding hydrogens is 348 g/mol. The molecule has 1 aliphatic heterocycles. The first-order valence-corrected chi connectivity index (χ1v) is 8.51. The van der Waals surface area contributed by atoms with Crippen LogP contribution in [-0.2, 0) is 11.2 Å². The lowest BCUT2D eigenvalue weighted by Crippen LogP contribution is -2.25. The van der Waals surface area contributed by atoms with Crippen molar-refractivity contribution in [3.05, 3.63) is 53.1 Å². The number of fused-ring (bicyclic) bond motifs is 1. The molecule has 5 nitrogen and oxygen atoms in total. The number of imide groups is 1. The molecule has 1 aliphatic rings. The maximum absolute atomic E-state index is 11.7. The minimum absolute atomic E-state index is 0.246. The Morgan fingerprint density at radius 1 is 1.17 bits per heavy atom. The summed E-state index contributed by atoms with van der Waals surface area (Å²) in [6.45, 7) is 0. The van der Waals surface area contributed by atoms with Crippen LogP contribution in [0.2, 0.25) is 5.02 Å². The van der Waals surface area contributed by atoms with E-state index in [1.807, 2.05) is 30.3 Å². The minimum Gasteiger partial charge on any atom is -0.436 e. The molecule has 1 N–H and O–H groups in total. The number of thioether (sulfide) groups is 1.